The second-order valence-electron chi connectivity index (χ2n) is 6.52. The Balaban J connectivity index is 1.67. The highest BCUT2D eigenvalue weighted by Gasteiger charge is 2.36. The first-order valence-electron chi connectivity index (χ1n) is 8.29. The van der Waals surface area contributed by atoms with E-state index < -0.39 is 6.09 Å². The normalized spacial score (nSPS) is 20.3. The minimum absolute atomic E-state index is 0.0233. The number of rotatable bonds is 2. The Morgan fingerprint density at radius 1 is 1.24 bits per heavy atom. The summed E-state index contributed by atoms with van der Waals surface area (Å²) in [5.74, 6) is 0.720. The molecular weight excluding hydrogens is 382 g/mol. The van der Waals surface area contributed by atoms with Gasteiger partial charge in [-0.2, -0.15) is 0 Å². The molecule has 5 nitrogen and oxygen atoms in total. The maximum absolute atomic E-state index is 11.5. The molecule has 25 heavy (non-hydrogen) atoms. The van der Waals surface area contributed by atoms with Gasteiger partial charge in [0.2, 0.25) is 0 Å². The van der Waals surface area contributed by atoms with Gasteiger partial charge in [0.25, 0.3) is 0 Å². The van der Waals surface area contributed by atoms with Gasteiger partial charge in [-0.15, -0.1) is 0 Å². The number of carboxylic acid groups (broad SMARTS) is 1. The average Bonchev–Trinajstić information content (AvgIpc) is 3.20. The van der Waals surface area contributed by atoms with E-state index in [0.717, 1.165) is 39.8 Å². The number of aromatic amines is 1. The Hall–Kier alpha value is -2.34. The molecule has 4 rings (SSSR count). The number of H-pyrrole nitrogens is 1. The average molecular weight is 400 g/mol. The van der Waals surface area contributed by atoms with Gasteiger partial charge in [-0.25, -0.2) is 9.78 Å². The molecule has 2 aromatic carbocycles. The fraction of sp³-hybridized carbons (Fsp3) is 0.263. The lowest BCUT2D eigenvalue weighted by molar-refractivity contribution is 0.123. The number of hydrogen-bond donors (Lipinski definition) is 2. The number of imidazole rings is 1. The van der Waals surface area contributed by atoms with E-state index >= 15 is 0 Å². The van der Waals surface area contributed by atoms with Crippen LogP contribution in [0, 0.1) is 0 Å². The van der Waals surface area contributed by atoms with Crippen molar-refractivity contribution in [3.63, 3.8) is 0 Å². The Morgan fingerprint density at radius 3 is 2.80 bits per heavy atom. The lowest BCUT2D eigenvalue weighted by atomic mass is 10.1. The van der Waals surface area contributed by atoms with E-state index in [1.807, 2.05) is 13.0 Å². The van der Waals surface area contributed by atoms with Crippen LogP contribution in [0.4, 0.5) is 4.79 Å². The number of amides is 1. The van der Waals surface area contributed by atoms with Crippen LogP contribution < -0.4 is 0 Å². The predicted octanol–water partition coefficient (Wildman–Crippen LogP) is 5.20. The number of likely N-dealkylation sites (tertiary alicyclic amines) is 1. The second-order valence-corrected chi connectivity index (χ2v) is 7.44. The molecule has 1 aliphatic rings. The zero-order valence-corrected chi connectivity index (χ0v) is 15.3. The smallest absolute Gasteiger partial charge is 0.408 e. The van der Waals surface area contributed by atoms with Crippen LogP contribution in [-0.4, -0.2) is 32.1 Å². The number of carbonyl (C=O) groups is 1. The van der Waals surface area contributed by atoms with Crippen molar-refractivity contribution in [2.24, 2.45) is 0 Å². The maximum Gasteiger partial charge on any atom is 0.408 e. The number of nitrogens with zero attached hydrogens (tertiary/aromatic N) is 2. The molecule has 0 spiro atoms. The van der Waals surface area contributed by atoms with Crippen molar-refractivity contribution in [3.8, 4) is 11.3 Å². The first-order chi connectivity index (χ1) is 12.0. The lowest BCUT2D eigenvalue weighted by Crippen LogP contribution is -2.34. The summed E-state index contributed by atoms with van der Waals surface area (Å²) >= 11 is 3.49. The molecule has 128 valence electrons. The van der Waals surface area contributed by atoms with Gasteiger partial charge < -0.3 is 10.1 Å². The van der Waals surface area contributed by atoms with Gasteiger partial charge in [0, 0.05) is 16.1 Å². The molecule has 1 aromatic heterocycles. The molecule has 3 aromatic rings. The summed E-state index contributed by atoms with van der Waals surface area (Å²) in [6.45, 7) is 1.94. The zero-order chi connectivity index (χ0) is 17.6. The standard InChI is InChI=1S/C19H18BrN3O2/c1-11-2-7-17(23(11)19(24)25)18-21-10-16(22-18)14-4-3-13-9-15(20)6-5-12(13)8-14/h3-6,8-11,17H,2,7H2,1H3,(H,21,22)(H,24,25)/t11-,17-/m0/s1. The third-order valence-corrected chi connectivity index (χ3v) is 5.41. The molecule has 2 heterocycles. The van der Waals surface area contributed by atoms with E-state index in [-0.39, 0.29) is 12.1 Å². The van der Waals surface area contributed by atoms with Gasteiger partial charge in [0.15, 0.2) is 0 Å². The largest absolute Gasteiger partial charge is 0.465 e. The molecule has 0 saturated carbocycles. The molecule has 0 unspecified atom stereocenters. The summed E-state index contributed by atoms with van der Waals surface area (Å²) in [6.07, 6.45) is 2.56. The zero-order valence-electron chi connectivity index (χ0n) is 13.7. The van der Waals surface area contributed by atoms with E-state index in [1.54, 1.807) is 6.20 Å². The van der Waals surface area contributed by atoms with Gasteiger partial charge in [-0.1, -0.05) is 34.1 Å². The fourth-order valence-corrected chi connectivity index (χ4v) is 3.99. The number of aromatic nitrogens is 2. The summed E-state index contributed by atoms with van der Waals surface area (Å²) in [7, 11) is 0. The highest BCUT2D eigenvalue weighted by Crippen LogP contribution is 2.35. The number of nitrogens with one attached hydrogen (secondary N) is 1. The van der Waals surface area contributed by atoms with Crippen LogP contribution in [0.5, 0.6) is 0 Å². The van der Waals surface area contributed by atoms with Crippen LogP contribution >= 0.6 is 15.9 Å². The Morgan fingerprint density at radius 2 is 2.00 bits per heavy atom. The predicted molar refractivity (Wildman–Crippen MR) is 101 cm³/mol. The Kier molecular flexibility index (Phi) is 4.00. The Labute approximate surface area is 153 Å². The molecular formula is C19H18BrN3O2. The summed E-state index contributed by atoms with van der Waals surface area (Å²) in [6, 6.07) is 12.3. The number of benzene rings is 2. The van der Waals surface area contributed by atoms with Crippen molar-refractivity contribution in [1.82, 2.24) is 14.9 Å². The highest BCUT2D eigenvalue weighted by atomic mass is 79.9. The van der Waals surface area contributed by atoms with Crippen LogP contribution in [0.3, 0.4) is 0 Å². The van der Waals surface area contributed by atoms with Gasteiger partial charge in [-0.3, -0.25) is 4.90 Å². The summed E-state index contributed by atoms with van der Waals surface area (Å²) in [5, 5.41) is 11.8. The Bertz CT molecular complexity index is 953. The molecule has 1 aliphatic heterocycles. The van der Waals surface area contributed by atoms with Crippen LogP contribution in [0.2, 0.25) is 0 Å². The molecule has 0 aliphatic carbocycles. The summed E-state index contributed by atoms with van der Waals surface area (Å²) < 4.78 is 1.06. The third-order valence-electron chi connectivity index (χ3n) is 4.91. The molecule has 0 bridgehead atoms. The van der Waals surface area contributed by atoms with Gasteiger partial charge >= 0.3 is 6.09 Å². The van der Waals surface area contributed by atoms with Crippen molar-refractivity contribution >= 4 is 32.8 Å². The van der Waals surface area contributed by atoms with Crippen LogP contribution in [0.25, 0.3) is 22.0 Å². The van der Waals surface area contributed by atoms with E-state index in [9.17, 15) is 9.90 Å². The second kappa shape index (κ2) is 6.19. The van der Waals surface area contributed by atoms with Gasteiger partial charge in [0.05, 0.1) is 17.9 Å². The number of hydrogen-bond acceptors (Lipinski definition) is 2. The van der Waals surface area contributed by atoms with Crippen molar-refractivity contribution in [3.05, 3.63) is 52.9 Å². The molecule has 0 radical (unpaired) electrons. The fourth-order valence-electron chi connectivity index (χ4n) is 3.61. The summed E-state index contributed by atoms with van der Waals surface area (Å²) in [4.78, 5) is 20.8. The van der Waals surface area contributed by atoms with Gasteiger partial charge in [0.1, 0.15) is 5.82 Å². The molecule has 1 amide bonds. The molecule has 1 saturated heterocycles. The van der Waals surface area contributed by atoms with Crippen molar-refractivity contribution in [2.45, 2.75) is 31.8 Å². The van der Waals surface area contributed by atoms with E-state index in [4.69, 9.17) is 0 Å². The van der Waals surface area contributed by atoms with Crippen molar-refractivity contribution in [1.29, 1.82) is 0 Å². The van der Waals surface area contributed by atoms with Gasteiger partial charge in [-0.05, 0) is 48.7 Å². The minimum Gasteiger partial charge on any atom is -0.465 e. The molecule has 2 atom stereocenters. The maximum atomic E-state index is 11.5. The summed E-state index contributed by atoms with van der Waals surface area (Å²) in [5.41, 5.74) is 1.95. The highest BCUT2D eigenvalue weighted by molar-refractivity contribution is 9.10. The SMILES string of the molecule is C[C@H]1CC[C@@H](c2ncc(-c3ccc4cc(Br)ccc4c3)[nH]2)N1C(=O)O. The van der Waals surface area contributed by atoms with E-state index in [0.29, 0.717) is 0 Å². The lowest BCUT2D eigenvalue weighted by Gasteiger charge is -2.23. The van der Waals surface area contributed by atoms with E-state index in [1.165, 1.54) is 10.3 Å². The first-order valence-corrected chi connectivity index (χ1v) is 9.08. The number of fused-ring (bicyclic) bond motifs is 1. The van der Waals surface area contributed by atoms with E-state index in [2.05, 4.69) is 56.2 Å². The number of halogens is 1. The van der Waals surface area contributed by atoms with Crippen LogP contribution in [0.1, 0.15) is 31.6 Å². The van der Waals surface area contributed by atoms with Crippen molar-refractivity contribution in [2.75, 3.05) is 0 Å². The topological polar surface area (TPSA) is 69.2 Å². The molecule has 6 heteroatoms. The monoisotopic (exact) mass is 399 g/mol. The third kappa shape index (κ3) is 2.91. The van der Waals surface area contributed by atoms with Crippen LogP contribution in [-0.2, 0) is 0 Å². The quantitative estimate of drug-likeness (QED) is 0.622. The minimum atomic E-state index is -0.885. The molecule has 2 N–H and O–H groups in total. The van der Waals surface area contributed by atoms with Crippen molar-refractivity contribution < 1.29 is 9.90 Å². The van der Waals surface area contributed by atoms with Crippen LogP contribution in [0.15, 0.2) is 47.1 Å². The first kappa shape index (κ1) is 16.1. The molecule has 1 fully saturated rings.